The van der Waals surface area contributed by atoms with Crippen molar-refractivity contribution >= 4 is 28.6 Å². The molecule has 2 saturated carbocycles. The molecule has 0 radical (unpaired) electrons. The molecule has 3 nitrogen and oxygen atoms in total. The molecule has 66 valence electrons. The molecule has 12 heavy (non-hydrogen) atoms. The van der Waals surface area contributed by atoms with Gasteiger partial charge in [0, 0.05) is 5.92 Å². The van der Waals surface area contributed by atoms with E-state index in [0.717, 1.165) is 6.42 Å². The van der Waals surface area contributed by atoms with Gasteiger partial charge in [-0.1, -0.05) is 22.6 Å². The number of hydrogen-bond donors (Lipinski definition) is 1. The van der Waals surface area contributed by atoms with Crippen molar-refractivity contribution in [3.63, 3.8) is 0 Å². The fourth-order valence-electron chi connectivity index (χ4n) is 2.90. The second-order valence-corrected chi connectivity index (χ2v) is 5.48. The van der Waals surface area contributed by atoms with Crippen LogP contribution in [0.15, 0.2) is 0 Å². The highest BCUT2D eigenvalue weighted by atomic mass is 127. The highest BCUT2D eigenvalue weighted by Gasteiger charge is 2.69. The van der Waals surface area contributed by atoms with Crippen LogP contribution in [0.1, 0.15) is 12.8 Å². The summed E-state index contributed by atoms with van der Waals surface area (Å²) in [6.45, 7) is 0. The Hall–Kier alpha value is 0.160. The minimum absolute atomic E-state index is 0.00171. The molecule has 3 rings (SSSR count). The van der Waals surface area contributed by atoms with Crippen LogP contribution in [0.3, 0.4) is 0 Å². The summed E-state index contributed by atoms with van der Waals surface area (Å²) in [5.41, 5.74) is -1.10. The van der Waals surface area contributed by atoms with Gasteiger partial charge in [-0.15, -0.1) is 0 Å². The second-order valence-electron chi connectivity index (χ2n) is 4.05. The van der Waals surface area contributed by atoms with Crippen LogP contribution in [0.25, 0.3) is 0 Å². The van der Waals surface area contributed by atoms with E-state index >= 15 is 0 Å². The number of esters is 1. The quantitative estimate of drug-likeness (QED) is 0.399. The summed E-state index contributed by atoms with van der Waals surface area (Å²) in [6.07, 6.45) is 1.60. The molecule has 0 amide bonds. The maximum absolute atomic E-state index is 11.3. The van der Waals surface area contributed by atoms with E-state index in [4.69, 9.17) is 4.74 Å². The molecule has 2 aliphatic carbocycles. The first-order valence-electron chi connectivity index (χ1n) is 4.20. The van der Waals surface area contributed by atoms with Gasteiger partial charge < -0.3 is 9.84 Å². The lowest BCUT2D eigenvalue weighted by molar-refractivity contribution is -0.154. The van der Waals surface area contributed by atoms with Crippen LogP contribution in [0, 0.1) is 11.8 Å². The zero-order valence-electron chi connectivity index (χ0n) is 6.37. The Morgan fingerprint density at radius 3 is 3.00 bits per heavy atom. The van der Waals surface area contributed by atoms with Gasteiger partial charge in [0.15, 0.2) is 5.60 Å². The van der Waals surface area contributed by atoms with E-state index in [2.05, 4.69) is 22.6 Å². The third-order valence-electron chi connectivity index (χ3n) is 3.50. The van der Waals surface area contributed by atoms with Crippen LogP contribution >= 0.6 is 22.6 Å². The van der Waals surface area contributed by atoms with E-state index in [1.807, 2.05) is 0 Å². The molecule has 0 unspecified atom stereocenters. The molecular formula is C8H9IO3. The topological polar surface area (TPSA) is 46.5 Å². The van der Waals surface area contributed by atoms with E-state index in [-0.39, 0.29) is 18.0 Å². The van der Waals surface area contributed by atoms with E-state index in [9.17, 15) is 9.90 Å². The van der Waals surface area contributed by atoms with Crippen molar-refractivity contribution in [3.8, 4) is 0 Å². The second kappa shape index (κ2) is 1.97. The normalized spacial score (nSPS) is 61.0. The molecule has 1 N–H and O–H groups in total. The van der Waals surface area contributed by atoms with Gasteiger partial charge in [0.05, 0.1) is 3.92 Å². The number of aliphatic hydroxyl groups is 1. The van der Waals surface area contributed by atoms with E-state index < -0.39 is 5.60 Å². The molecule has 0 aromatic carbocycles. The average molecular weight is 280 g/mol. The first kappa shape index (κ1) is 7.55. The number of halogens is 1. The number of carbonyl (C=O) groups is 1. The number of ether oxygens (including phenoxy) is 1. The molecule has 0 aromatic heterocycles. The Labute approximate surface area is 83.6 Å². The number of hydrogen-bond acceptors (Lipinski definition) is 3. The third-order valence-corrected chi connectivity index (χ3v) is 5.23. The van der Waals surface area contributed by atoms with Crippen LogP contribution in [0.2, 0.25) is 0 Å². The lowest BCUT2D eigenvalue weighted by Crippen LogP contribution is -2.41. The Kier molecular flexibility index (Phi) is 1.24. The predicted molar refractivity (Wildman–Crippen MR) is 48.9 cm³/mol. The molecule has 0 spiro atoms. The molecule has 4 heteroatoms. The maximum atomic E-state index is 11.3. The molecule has 0 aromatic rings. The summed E-state index contributed by atoms with van der Waals surface area (Å²) in [4.78, 5) is 11.3. The van der Waals surface area contributed by atoms with Gasteiger partial charge in [-0.3, -0.25) is 0 Å². The molecule has 1 saturated heterocycles. The van der Waals surface area contributed by atoms with Gasteiger partial charge in [-0.25, -0.2) is 4.79 Å². The van der Waals surface area contributed by atoms with E-state index in [0.29, 0.717) is 16.3 Å². The van der Waals surface area contributed by atoms with Crippen molar-refractivity contribution in [3.05, 3.63) is 0 Å². The predicted octanol–water partition coefficient (Wildman–Crippen LogP) is 0.486. The standard InChI is InChI=1S/C8H9IO3/c9-5-3-1-4-6(5)12-7(10)8(4,11)2-3/h3-6,11H,1-2H2/t3-,4-,5-,6-,8+/m1/s1. The molecule has 1 aliphatic heterocycles. The van der Waals surface area contributed by atoms with Crippen LogP contribution in [-0.2, 0) is 9.53 Å². The SMILES string of the molecule is O=C1O[C@H]2[C@H](I)[C@@H]3C[C@H]2[C@@]1(O)C3. The van der Waals surface area contributed by atoms with Crippen molar-refractivity contribution in [1.82, 2.24) is 0 Å². The number of fused-ring (bicyclic) bond motifs is 1. The minimum atomic E-state index is -1.10. The van der Waals surface area contributed by atoms with Crippen molar-refractivity contribution in [2.45, 2.75) is 28.5 Å². The van der Waals surface area contributed by atoms with E-state index in [1.165, 1.54) is 0 Å². The summed E-state index contributed by atoms with van der Waals surface area (Å²) in [5.74, 6) is 0.216. The smallest absolute Gasteiger partial charge is 0.338 e. The van der Waals surface area contributed by atoms with Crippen molar-refractivity contribution < 1.29 is 14.6 Å². The van der Waals surface area contributed by atoms with Gasteiger partial charge >= 0.3 is 5.97 Å². The van der Waals surface area contributed by atoms with Crippen molar-refractivity contribution in [1.29, 1.82) is 0 Å². The fraction of sp³-hybridized carbons (Fsp3) is 0.875. The van der Waals surface area contributed by atoms with Gasteiger partial charge in [0.25, 0.3) is 0 Å². The van der Waals surface area contributed by atoms with Crippen LogP contribution in [0.5, 0.6) is 0 Å². The first-order chi connectivity index (χ1) is 5.63. The average Bonchev–Trinajstić information content (AvgIpc) is 2.53. The Morgan fingerprint density at radius 1 is 1.67 bits per heavy atom. The zero-order chi connectivity index (χ0) is 8.51. The first-order valence-corrected chi connectivity index (χ1v) is 5.45. The van der Waals surface area contributed by atoms with Crippen molar-refractivity contribution in [2.75, 3.05) is 0 Å². The third kappa shape index (κ3) is 0.617. The molecular weight excluding hydrogens is 271 g/mol. The minimum Gasteiger partial charge on any atom is -0.459 e. The maximum Gasteiger partial charge on any atom is 0.338 e. The number of rotatable bonds is 0. The van der Waals surface area contributed by atoms with Crippen LogP contribution in [-0.4, -0.2) is 26.7 Å². The molecule has 3 fully saturated rings. The van der Waals surface area contributed by atoms with E-state index in [1.54, 1.807) is 0 Å². The number of carbonyl (C=O) groups excluding carboxylic acids is 1. The zero-order valence-corrected chi connectivity index (χ0v) is 8.52. The van der Waals surface area contributed by atoms with Crippen molar-refractivity contribution in [2.24, 2.45) is 11.8 Å². The molecule has 3 aliphatic rings. The lowest BCUT2D eigenvalue weighted by atomic mass is 9.85. The highest BCUT2D eigenvalue weighted by Crippen LogP contribution is 2.58. The summed E-state index contributed by atoms with van der Waals surface area (Å²) in [7, 11) is 0. The monoisotopic (exact) mass is 280 g/mol. The molecule has 5 atom stereocenters. The Morgan fingerprint density at radius 2 is 2.42 bits per heavy atom. The van der Waals surface area contributed by atoms with Gasteiger partial charge in [-0.05, 0) is 18.8 Å². The van der Waals surface area contributed by atoms with Gasteiger partial charge in [0.2, 0.25) is 0 Å². The number of alkyl halides is 1. The van der Waals surface area contributed by atoms with Gasteiger partial charge in [-0.2, -0.15) is 0 Å². The summed E-state index contributed by atoms with van der Waals surface area (Å²) >= 11 is 2.34. The van der Waals surface area contributed by atoms with Crippen LogP contribution in [0.4, 0.5) is 0 Å². The lowest BCUT2D eigenvalue weighted by Gasteiger charge is -2.24. The fourth-order valence-corrected chi connectivity index (χ4v) is 4.10. The molecule has 1 heterocycles. The molecule has 2 bridgehead atoms. The highest BCUT2D eigenvalue weighted by molar-refractivity contribution is 14.1. The van der Waals surface area contributed by atoms with Gasteiger partial charge in [0.1, 0.15) is 6.10 Å². The largest absolute Gasteiger partial charge is 0.459 e. The van der Waals surface area contributed by atoms with Crippen LogP contribution < -0.4 is 0 Å². The summed E-state index contributed by atoms with van der Waals surface area (Å²) in [5, 5.41) is 9.94. The summed E-state index contributed by atoms with van der Waals surface area (Å²) in [6, 6.07) is 0. The Bertz CT molecular complexity index is 267. The Balaban J connectivity index is 2.09. The summed E-state index contributed by atoms with van der Waals surface area (Å²) < 4.78 is 5.59.